The summed E-state index contributed by atoms with van der Waals surface area (Å²) in [7, 11) is 0. The van der Waals surface area contributed by atoms with Gasteiger partial charge in [0.15, 0.2) is 0 Å². The zero-order chi connectivity index (χ0) is 13.8. The Bertz CT molecular complexity index is 446. The molecule has 0 bridgehead atoms. The first-order valence-electron chi connectivity index (χ1n) is 7.17. The van der Waals surface area contributed by atoms with E-state index in [1.165, 1.54) is 4.90 Å². The summed E-state index contributed by atoms with van der Waals surface area (Å²) in [5, 5.41) is 0. The van der Waals surface area contributed by atoms with Crippen LogP contribution in [0.1, 0.15) is 66.7 Å². The number of imide groups is 1. The quantitative estimate of drug-likeness (QED) is 0.577. The van der Waals surface area contributed by atoms with Gasteiger partial charge in [-0.15, -0.1) is 0 Å². The van der Waals surface area contributed by atoms with Crippen LogP contribution in [-0.2, 0) is 0 Å². The average Bonchev–Trinajstić information content (AvgIpc) is 2.69. The monoisotopic (exact) mass is 259 g/mol. The second-order valence-electron chi connectivity index (χ2n) is 5.08. The van der Waals surface area contributed by atoms with Crippen LogP contribution in [0.3, 0.4) is 0 Å². The van der Waals surface area contributed by atoms with Crippen LogP contribution in [-0.4, -0.2) is 22.8 Å². The number of carbonyl (C=O) groups is 2. The largest absolute Gasteiger partial charge is 0.271 e. The Hall–Kier alpha value is -1.64. The number of amides is 2. The molecule has 0 spiro atoms. The molecular weight excluding hydrogens is 238 g/mol. The summed E-state index contributed by atoms with van der Waals surface area (Å²) in [5.74, 6) is -0.243. The minimum atomic E-state index is -0.121. The number of carbonyl (C=O) groups excluding carboxylic acids is 2. The summed E-state index contributed by atoms with van der Waals surface area (Å²) < 4.78 is 0. The highest BCUT2D eigenvalue weighted by atomic mass is 16.2. The molecule has 0 aliphatic carbocycles. The Morgan fingerprint density at radius 2 is 1.58 bits per heavy atom. The van der Waals surface area contributed by atoms with Crippen LogP contribution in [0.4, 0.5) is 0 Å². The van der Waals surface area contributed by atoms with Gasteiger partial charge in [-0.05, 0) is 25.0 Å². The molecule has 1 aliphatic rings. The third kappa shape index (κ3) is 2.55. The maximum Gasteiger partial charge on any atom is 0.261 e. The molecule has 1 aromatic rings. The standard InChI is InChI=1S/C16H21NO2/c1-3-5-6-9-12(4-2)17-15(18)13-10-7-8-11-14(13)16(17)19/h7-8,10-12H,3-6,9H2,1-2H3/t12-/m1/s1. The van der Waals surface area contributed by atoms with E-state index in [1.54, 1.807) is 12.1 Å². The SMILES string of the molecule is CCCCC[C@@H](CC)N1C(=O)c2ccccc2C1=O. The minimum absolute atomic E-state index is 0.0407. The zero-order valence-corrected chi connectivity index (χ0v) is 11.7. The maximum absolute atomic E-state index is 12.3. The predicted octanol–water partition coefficient (Wildman–Crippen LogP) is 3.64. The topological polar surface area (TPSA) is 37.4 Å². The molecule has 1 atom stereocenters. The van der Waals surface area contributed by atoms with Crippen molar-refractivity contribution in [2.24, 2.45) is 0 Å². The molecule has 0 N–H and O–H groups in total. The fourth-order valence-corrected chi connectivity index (χ4v) is 2.69. The van der Waals surface area contributed by atoms with Gasteiger partial charge in [-0.2, -0.15) is 0 Å². The summed E-state index contributed by atoms with van der Waals surface area (Å²) in [6, 6.07) is 7.15. The number of hydrogen-bond acceptors (Lipinski definition) is 2. The first kappa shape index (κ1) is 13.8. The van der Waals surface area contributed by atoms with Crippen LogP contribution in [0.2, 0.25) is 0 Å². The molecule has 0 unspecified atom stereocenters. The molecule has 0 saturated carbocycles. The summed E-state index contributed by atoms with van der Waals surface area (Å²) in [4.78, 5) is 26.2. The first-order valence-corrected chi connectivity index (χ1v) is 7.17. The first-order chi connectivity index (χ1) is 9.20. The van der Waals surface area contributed by atoms with Crippen LogP contribution in [0.5, 0.6) is 0 Å². The van der Waals surface area contributed by atoms with Gasteiger partial charge in [-0.25, -0.2) is 0 Å². The van der Waals surface area contributed by atoms with Crippen LogP contribution in [0.15, 0.2) is 24.3 Å². The molecule has 0 fully saturated rings. The molecule has 3 heteroatoms. The van der Waals surface area contributed by atoms with Gasteiger partial charge in [0.25, 0.3) is 11.8 Å². The number of rotatable bonds is 6. The van der Waals surface area contributed by atoms with E-state index in [4.69, 9.17) is 0 Å². The van der Waals surface area contributed by atoms with Gasteiger partial charge in [0.05, 0.1) is 11.1 Å². The zero-order valence-electron chi connectivity index (χ0n) is 11.7. The smallest absolute Gasteiger partial charge is 0.261 e. The summed E-state index contributed by atoms with van der Waals surface area (Å²) in [5.41, 5.74) is 1.11. The fourth-order valence-electron chi connectivity index (χ4n) is 2.69. The van der Waals surface area contributed by atoms with E-state index in [9.17, 15) is 9.59 Å². The van der Waals surface area contributed by atoms with Gasteiger partial charge >= 0.3 is 0 Å². The molecule has 3 nitrogen and oxygen atoms in total. The van der Waals surface area contributed by atoms with Gasteiger partial charge in [-0.1, -0.05) is 45.2 Å². The van der Waals surface area contributed by atoms with Crippen molar-refractivity contribution in [1.82, 2.24) is 4.90 Å². The van der Waals surface area contributed by atoms with Crippen molar-refractivity contribution in [3.05, 3.63) is 35.4 Å². The molecule has 1 heterocycles. The Balaban J connectivity index is 2.17. The van der Waals surface area contributed by atoms with Crippen LogP contribution in [0, 0.1) is 0 Å². The minimum Gasteiger partial charge on any atom is -0.271 e. The van der Waals surface area contributed by atoms with Crippen molar-refractivity contribution < 1.29 is 9.59 Å². The van der Waals surface area contributed by atoms with Gasteiger partial charge in [0.1, 0.15) is 0 Å². The van der Waals surface area contributed by atoms with E-state index in [0.717, 1.165) is 32.1 Å². The van der Waals surface area contributed by atoms with Crippen molar-refractivity contribution in [1.29, 1.82) is 0 Å². The highest BCUT2D eigenvalue weighted by Crippen LogP contribution is 2.27. The van der Waals surface area contributed by atoms with Gasteiger partial charge in [-0.3, -0.25) is 14.5 Å². The number of unbranched alkanes of at least 4 members (excludes halogenated alkanes) is 2. The third-order valence-corrected chi connectivity index (χ3v) is 3.80. The van der Waals surface area contributed by atoms with Crippen molar-refractivity contribution >= 4 is 11.8 Å². The highest BCUT2D eigenvalue weighted by molar-refractivity contribution is 6.21. The maximum atomic E-state index is 12.3. The normalized spacial score (nSPS) is 15.8. The van der Waals surface area contributed by atoms with Gasteiger partial charge in [0, 0.05) is 6.04 Å². The predicted molar refractivity (Wildman–Crippen MR) is 75.2 cm³/mol. The van der Waals surface area contributed by atoms with Crippen LogP contribution >= 0.6 is 0 Å². The third-order valence-electron chi connectivity index (χ3n) is 3.80. The Morgan fingerprint density at radius 3 is 2.05 bits per heavy atom. The number of nitrogens with zero attached hydrogens (tertiary/aromatic N) is 1. The van der Waals surface area contributed by atoms with E-state index in [1.807, 2.05) is 19.1 Å². The number of benzene rings is 1. The van der Waals surface area contributed by atoms with Gasteiger partial charge < -0.3 is 0 Å². The summed E-state index contributed by atoms with van der Waals surface area (Å²) in [6.07, 6.45) is 5.12. The van der Waals surface area contributed by atoms with Crippen molar-refractivity contribution in [2.45, 2.75) is 52.0 Å². The lowest BCUT2D eigenvalue weighted by Gasteiger charge is -2.25. The lowest BCUT2D eigenvalue weighted by atomic mass is 10.0. The molecule has 1 aliphatic heterocycles. The lowest BCUT2D eigenvalue weighted by molar-refractivity contribution is 0.0569. The summed E-state index contributed by atoms with van der Waals surface area (Å²) in [6.45, 7) is 4.20. The molecule has 0 saturated heterocycles. The van der Waals surface area contributed by atoms with Crippen molar-refractivity contribution in [3.63, 3.8) is 0 Å². The molecule has 0 radical (unpaired) electrons. The molecular formula is C16H21NO2. The van der Waals surface area contributed by atoms with E-state index in [-0.39, 0.29) is 17.9 Å². The molecule has 102 valence electrons. The Morgan fingerprint density at radius 1 is 1.00 bits per heavy atom. The van der Waals surface area contributed by atoms with E-state index < -0.39 is 0 Å². The number of hydrogen-bond donors (Lipinski definition) is 0. The van der Waals surface area contributed by atoms with Gasteiger partial charge in [0.2, 0.25) is 0 Å². The molecule has 19 heavy (non-hydrogen) atoms. The Kier molecular flexibility index (Phi) is 4.35. The molecule has 2 amide bonds. The molecule has 0 aromatic heterocycles. The van der Waals surface area contributed by atoms with E-state index >= 15 is 0 Å². The van der Waals surface area contributed by atoms with Crippen LogP contribution in [0.25, 0.3) is 0 Å². The van der Waals surface area contributed by atoms with Crippen molar-refractivity contribution in [3.8, 4) is 0 Å². The fraction of sp³-hybridized carbons (Fsp3) is 0.500. The average molecular weight is 259 g/mol. The van der Waals surface area contributed by atoms with E-state index in [2.05, 4.69) is 6.92 Å². The molecule has 2 rings (SSSR count). The molecule has 1 aromatic carbocycles. The van der Waals surface area contributed by atoms with Crippen molar-refractivity contribution in [2.75, 3.05) is 0 Å². The van der Waals surface area contributed by atoms with E-state index in [0.29, 0.717) is 11.1 Å². The van der Waals surface area contributed by atoms with Crippen LogP contribution < -0.4 is 0 Å². The Labute approximate surface area is 114 Å². The second-order valence-corrected chi connectivity index (χ2v) is 5.08. The highest BCUT2D eigenvalue weighted by Gasteiger charge is 2.38. The summed E-state index contributed by atoms with van der Waals surface area (Å²) >= 11 is 0. The second kappa shape index (κ2) is 6.00. The number of fused-ring (bicyclic) bond motifs is 1. The lowest BCUT2D eigenvalue weighted by Crippen LogP contribution is -2.39.